The van der Waals surface area contributed by atoms with Gasteiger partial charge in [-0.3, -0.25) is 4.79 Å². The Kier molecular flexibility index (Phi) is 3.56. The van der Waals surface area contributed by atoms with Gasteiger partial charge in [-0.1, -0.05) is 0 Å². The molecular weight excluding hydrogens is 190 g/mol. The zero-order valence-corrected chi connectivity index (χ0v) is 8.60. The number of hydrogen-bond acceptors (Lipinski definition) is 3. The molecule has 0 bridgehead atoms. The summed E-state index contributed by atoms with van der Waals surface area (Å²) in [6, 6.07) is 0. The van der Waals surface area contributed by atoms with Gasteiger partial charge in [-0.15, -0.1) is 12.4 Å². The fourth-order valence-corrected chi connectivity index (χ4v) is 2.46. The number of halogens is 1. The van der Waals surface area contributed by atoms with Gasteiger partial charge in [0.15, 0.2) is 0 Å². The van der Waals surface area contributed by atoms with Crippen LogP contribution in [0.25, 0.3) is 0 Å². The third-order valence-corrected chi connectivity index (χ3v) is 3.24. The van der Waals surface area contributed by atoms with Crippen LogP contribution in [0.15, 0.2) is 0 Å². The molecule has 1 N–H and O–H groups in total. The first-order chi connectivity index (χ1) is 5.83. The predicted octanol–water partition coefficient (Wildman–Crippen LogP) is 0.827. The lowest BCUT2D eigenvalue weighted by molar-refractivity contribution is -0.156. The Labute approximate surface area is 84.6 Å². The SMILES string of the molecule is COC(=O)C1CC2CNCCC21.Cl. The summed E-state index contributed by atoms with van der Waals surface area (Å²) in [6.45, 7) is 2.16. The Bertz CT molecular complexity index is 198. The van der Waals surface area contributed by atoms with Crippen LogP contribution < -0.4 is 5.32 Å². The van der Waals surface area contributed by atoms with E-state index in [2.05, 4.69) is 5.32 Å². The van der Waals surface area contributed by atoms with Crippen LogP contribution in [0.5, 0.6) is 0 Å². The minimum atomic E-state index is -0.00171. The van der Waals surface area contributed by atoms with Crippen molar-refractivity contribution in [3.8, 4) is 0 Å². The van der Waals surface area contributed by atoms with Gasteiger partial charge in [0.05, 0.1) is 13.0 Å². The number of rotatable bonds is 1. The third-order valence-electron chi connectivity index (χ3n) is 3.24. The average Bonchev–Trinajstić information content (AvgIpc) is 2.07. The Hall–Kier alpha value is -0.280. The molecule has 76 valence electrons. The number of carbonyl (C=O) groups is 1. The van der Waals surface area contributed by atoms with Crippen LogP contribution >= 0.6 is 12.4 Å². The van der Waals surface area contributed by atoms with Crippen molar-refractivity contribution in [1.82, 2.24) is 5.32 Å². The lowest BCUT2D eigenvalue weighted by atomic mass is 9.62. The Morgan fingerprint density at radius 1 is 1.54 bits per heavy atom. The second kappa shape index (κ2) is 4.29. The minimum Gasteiger partial charge on any atom is -0.469 e. The van der Waals surface area contributed by atoms with Crippen LogP contribution in [0.4, 0.5) is 0 Å². The molecule has 0 aromatic carbocycles. The van der Waals surface area contributed by atoms with E-state index in [9.17, 15) is 4.79 Å². The van der Waals surface area contributed by atoms with Crippen molar-refractivity contribution in [1.29, 1.82) is 0 Å². The average molecular weight is 206 g/mol. The molecule has 0 spiro atoms. The summed E-state index contributed by atoms with van der Waals surface area (Å²) in [4.78, 5) is 11.2. The first-order valence-corrected chi connectivity index (χ1v) is 4.61. The second-order valence-electron chi connectivity index (χ2n) is 3.78. The Balaban J connectivity index is 0.000000845. The molecule has 2 fully saturated rings. The second-order valence-corrected chi connectivity index (χ2v) is 3.78. The van der Waals surface area contributed by atoms with E-state index in [4.69, 9.17) is 4.74 Å². The molecule has 1 saturated heterocycles. The number of methoxy groups -OCH3 is 1. The van der Waals surface area contributed by atoms with Crippen molar-refractivity contribution in [2.45, 2.75) is 12.8 Å². The molecule has 0 aromatic rings. The quantitative estimate of drug-likeness (QED) is 0.645. The molecule has 3 atom stereocenters. The van der Waals surface area contributed by atoms with E-state index in [1.165, 1.54) is 7.11 Å². The molecule has 3 nitrogen and oxygen atoms in total. The molecule has 1 saturated carbocycles. The van der Waals surface area contributed by atoms with Gasteiger partial charge in [0.25, 0.3) is 0 Å². The number of esters is 1. The highest BCUT2D eigenvalue weighted by Crippen LogP contribution is 2.44. The number of piperidine rings is 1. The van der Waals surface area contributed by atoms with Gasteiger partial charge in [0.1, 0.15) is 0 Å². The van der Waals surface area contributed by atoms with Crippen molar-refractivity contribution >= 4 is 18.4 Å². The van der Waals surface area contributed by atoms with E-state index in [1.807, 2.05) is 0 Å². The van der Waals surface area contributed by atoms with Gasteiger partial charge in [-0.05, 0) is 37.8 Å². The lowest BCUT2D eigenvalue weighted by Gasteiger charge is -2.46. The molecule has 0 amide bonds. The molecule has 4 heteroatoms. The summed E-state index contributed by atoms with van der Waals surface area (Å²) in [5.41, 5.74) is 0. The zero-order valence-electron chi connectivity index (χ0n) is 7.79. The maximum atomic E-state index is 11.2. The van der Waals surface area contributed by atoms with Crippen LogP contribution in [0.3, 0.4) is 0 Å². The molecule has 13 heavy (non-hydrogen) atoms. The smallest absolute Gasteiger partial charge is 0.308 e. The number of carbonyl (C=O) groups excluding carboxylic acids is 1. The van der Waals surface area contributed by atoms with Crippen molar-refractivity contribution in [2.75, 3.05) is 20.2 Å². The topological polar surface area (TPSA) is 38.3 Å². The fourth-order valence-electron chi connectivity index (χ4n) is 2.46. The molecule has 1 heterocycles. The van der Waals surface area contributed by atoms with E-state index in [1.54, 1.807) is 0 Å². The third kappa shape index (κ3) is 1.81. The van der Waals surface area contributed by atoms with Gasteiger partial charge in [0, 0.05) is 0 Å². The molecule has 3 unspecified atom stereocenters. The lowest BCUT2D eigenvalue weighted by Crippen LogP contribution is -2.51. The fraction of sp³-hybridized carbons (Fsp3) is 0.889. The van der Waals surface area contributed by atoms with Gasteiger partial charge < -0.3 is 10.1 Å². The molecule has 0 aromatic heterocycles. The van der Waals surface area contributed by atoms with Gasteiger partial charge in [-0.25, -0.2) is 0 Å². The number of fused-ring (bicyclic) bond motifs is 1. The van der Waals surface area contributed by atoms with Gasteiger partial charge >= 0.3 is 5.97 Å². The van der Waals surface area contributed by atoms with Crippen LogP contribution in [0, 0.1) is 17.8 Å². The maximum absolute atomic E-state index is 11.2. The van der Waals surface area contributed by atoms with Gasteiger partial charge in [0.2, 0.25) is 0 Å². The van der Waals surface area contributed by atoms with E-state index in [-0.39, 0.29) is 24.3 Å². The summed E-state index contributed by atoms with van der Waals surface area (Å²) in [5, 5.41) is 3.34. The van der Waals surface area contributed by atoms with Crippen molar-refractivity contribution in [3.63, 3.8) is 0 Å². The Morgan fingerprint density at radius 3 is 2.92 bits per heavy atom. The summed E-state index contributed by atoms with van der Waals surface area (Å²) in [6.07, 6.45) is 2.18. The molecule has 2 aliphatic rings. The number of nitrogens with one attached hydrogen (secondary N) is 1. The zero-order chi connectivity index (χ0) is 8.55. The van der Waals surface area contributed by atoms with Crippen LogP contribution in [-0.4, -0.2) is 26.2 Å². The molecule has 1 aliphatic heterocycles. The molecular formula is C9H16ClNO2. The standard InChI is InChI=1S/C9H15NO2.ClH/c1-12-9(11)8-4-6-5-10-3-2-7(6)8;/h6-8,10H,2-5H2,1H3;1H. The number of ether oxygens (including phenoxy) is 1. The predicted molar refractivity (Wildman–Crippen MR) is 51.8 cm³/mol. The summed E-state index contributed by atoms with van der Waals surface area (Å²) in [5.74, 6) is 1.56. The maximum Gasteiger partial charge on any atom is 0.308 e. The monoisotopic (exact) mass is 205 g/mol. The highest BCUT2D eigenvalue weighted by Gasteiger charge is 2.46. The van der Waals surface area contributed by atoms with Crippen LogP contribution in [0.1, 0.15) is 12.8 Å². The van der Waals surface area contributed by atoms with E-state index >= 15 is 0 Å². The number of hydrogen-bond donors (Lipinski definition) is 1. The Morgan fingerprint density at radius 2 is 2.31 bits per heavy atom. The summed E-state index contributed by atoms with van der Waals surface area (Å²) < 4.78 is 4.74. The normalized spacial score (nSPS) is 36.5. The van der Waals surface area contributed by atoms with Gasteiger partial charge in [-0.2, -0.15) is 0 Å². The van der Waals surface area contributed by atoms with Crippen molar-refractivity contribution in [3.05, 3.63) is 0 Å². The van der Waals surface area contributed by atoms with E-state index in [0.717, 1.165) is 31.8 Å². The van der Waals surface area contributed by atoms with Crippen molar-refractivity contribution < 1.29 is 9.53 Å². The largest absolute Gasteiger partial charge is 0.469 e. The summed E-state index contributed by atoms with van der Waals surface area (Å²) >= 11 is 0. The van der Waals surface area contributed by atoms with Crippen LogP contribution in [-0.2, 0) is 9.53 Å². The first kappa shape index (κ1) is 10.8. The highest BCUT2D eigenvalue weighted by molar-refractivity contribution is 5.85. The molecule has 0 radical (unpaired) electrons. The van der Waals surface area contributed by atoms with Crippen molar-refractivity contribution in [2.24, 2.45) is 17.8 Å². The molecule has 2 rings (SSSR count). The highest BCUT2D eigenvalue weighted by atomic mass is 35.5. The summed E-state index contributed by atoms with van der Waals surface area (Å²) in [7, 11) is 1.48. The van der Waals surface area contributed by atoms with E-state index < -0.39 is 0 Å². The minimum absolute atomic E-state index is 0. The molecule has 1 aliphatic carbocycles. The first-order valence-electron chi connectivity index (χ1n) is 4.61. The van der Waals surface area contributed by atoms with E-state index in [0.29, 0.717) is 5.92 Å². The van der Waals surface area contributed by atoms with Crippen LogP contribution in [0.2, 0.25) is 0 Å².